The van der Waals surface area contributed by atoms with Crippen LogP contribution in [0.15, 0.2) is 24.3 Å². The van der Waals surface area contributed by atoms with Gasteiger partial charge in [-0.1, -0.05) is 0 Å². The Bertz CT molecular complexity index is 731. The Hall–Kier alpha value is -2.11. The molecule has 0 bridgehead atoms. The third-order valence-electron chi connectivity index (χ3n) is 7.91. The zero-order valence-electron chi connectivity index (χ0n) is 12.5. The van der Waals surface area contributed by atoms with Gasteiger partial charge in [0.1, 0.15) is 5.75 Å². The lowest BCUT2D eigenvalue weighted by Gasteiger charge is -3.10. The lowest BCUT2D eigenvalue weighted by molar-refractivity contribution is -0.645. The molecule has 118 valence electrons. The maximum atomic E-state index is 12.1. The molecule has 0 atom stereocenters. The number of nitro benzene ring substituents is 1. The summed E-state index contributed by atoms with van der Waals surface area (Å²) in [6.07, 6.45) is 0. The minimum Gasteiger partial charge on any atom is -0.493 e. The van der Waals surface area contributed by atoms with Gasteiger partial charge in [0, 0.05) is 17.5 Å². The smallest absolute Gasteiger partial charge is 0.312 e. The van der Waals surface area contributed by atoms with Crippen LogP contribution < -0.4 is 4.74 Å². The molecular weight excluding hydrogens is 298 g/mol. The molecule has 6 fully saturated rings. The third kappa shape index (κ3) is 0.863. The van der Waals surface area contributed by atoms with Crippen LogP contribution in [0.5, 0.6) is 5.75 Å². The fraction of sp³-hybridized carbons (Fsp3) is 0.588. The molecule has 1 aromatic rings. The van der Waals surface area contributed by atoms with Crippen molar-refractivity contribution in [3.63, 3.8) is 0 Å². The van der Waals surface area contributed by atoms with Crippen LogP contribution >= 0.6 is 0 Å². The van der Waals surface area contributed by atoms with Crippen LogP contribution in [0.4, 0.5) is 5.69 Å². The second-order valence-electron chi connectivity index (χ2n) is 7.73. The summed E-state index contributed by atoms with van der Waals surface area (Å²) in [5.74, 6) is 4.32. The number of hydrogen-bond donors (Lipinski definition) is 0. The van der Waals surface area contributed by atoms with Crippen molar-refractivity contribution in [2.45, 2.75) is 0 Å². The zero-order valence-corrected chi connectivity index (χ0v) is 12.5. The number of esters is 1. The average molecular weight is 313 g/mol. The first-order valence-corrected chi connectivity index (χ1v) is 8.06. The summed E-state index contributed by atoms with van der Waals surface area (Å²) >= 11 is 0. The highest BCUT2D eigenvalue weighted by molar-refractivity contribution is 5.88. The number of nitrogens with zero attached hydrogens (tertiary/aromatic N) is 1. The van der Waals surface area contributed by atoms with Crippen molar-refractivity contribution in [2.24, 2.45) is 46.3 Å². The normalized spacial score (nSPS) is 51.0. The van der Waals surface area contributed by atoms with E-state index in [2.05, 4.69) is 0 Å². The molecule has 0 spiro atoms. The second kappa shape index (κ2) is 3.23. The molecule has 6 nitrogen and oxygen atoms in total. The topological polar surface area (TPSA) is 78.7 Å². The highest BCUT2D eigenvalue weighted by Crippen LogP contribution is 3.10. The minimum atomic E-state index is -0.408. The van der Waals surface area contributed by atoms with Crippen molar-refractivity contribution < 1.29 is 19.2 Å². The van der Waals surface area contributed by atoms with Gasteiger partial charge in [-0.2, -0.15) is 0 Å². The van der Waals surface area contributed by atoms with Crippen LogP contribution in [0.2, 0.25) is 0 Å². The first kappa shape index (κ1) is 12.3. The van der Waals surface area contributed by atoms with Crippen molar-refractivity contribution in [3.8, 4) is 5.75 Å². The number of hydrogen-bond acceptors (Lipinski definition) is 5. The molecule has 0 N–H and O–H groups in total. The number of carbonyl (C=O) groups is 1. The predicted molar refractivity (Wildman–Crippen MR) is 76.4 cm³/mol. The molecule has 0 radical (unpaired) electrons. The van der Waals surface area contributed by atoms with Gasteiger partial charge in [-0.3, -0.25) is 14.9 Å². The van der Waals surface area contributed by atoms with Crippen LogP contribution in [-0.2, 0) is 9.53 Å². The quantitative estimate of drug-likeness (QED) is 0.471. The van der Waals surface area contributed by atoms with Crippen LogP contribution in [0, 0.1) is 56.5 Å². The van der Waals surface area contributed by atoms with Crippen molar-refractivity contribution >= 4 is 11.7 Å². The number of non-ortho nitro benzene ring substituents is 1. The number of carbonyl (C=O) groups excluding carboxylic acids is 1. The molecule has 0 aromatic heterocycles. The van der Waals surface area contributed by atoms with Crippen molar-refractivity contribution in [3.05, 3.63) is 34.4 Å². The van der Waals surface area contributed by atoms with Crippen LogP contribution in [0.3, 0.4) is 0 Å². The van der Waals surface area contributed by atoms with Crippen molar-refractivity contribution in [1.29, 1.82) is 0 Å². The Labute approximate surface area is 131 Å². The molecule has 6 heteroatoms. The maximum Gasteiger partial charge on any atom is 0.312 e. The van der Waals surface area contributed by atoms with Gasteiger partial charge in [0.25, 0.3) is 5.69 Å². The summed E-state index contributed by atoms with van der Waals surface area (Å²) < 4.78 is 11.0. The van der Waals surface area contributed by atoms with E-state index < -0.39 is 4.92 Å². The monoisotopic (exact) mass is 313 g/mol. The molecule has 0 aliphatic heterocycles. The second-order valence-corrected chi connectivity index (χ2v) is 7.73. The van der Waals surface area contributed by atoms with Gasteiger partial charge >= 0.3 is 5.97 Å². The highest BCUT2D eigenvalue weighted by Gasteiger charge is 3.11. The first-order valence-electron chi connectivity index (χ1n) is 8.06. The Morgan fingerprint density at radius 1 is 1.13 bits per heavy atom. The van der Waals surface area contributed by atoms with Gasteiger partial charge in [0.15, 0.2) is 0 Å². The number of nitro groups is 1. The van der Waals surface area contributed by atoms with Gasteiger partial charge in [-0.25, -0.2) is 0 Å². The van der Waals surface area contributed by atoms with Crippen molar-refractivity contribution in [2.75, 3.05) is 13.7 Å². The van der Waals surface area contributed by atoms with Crippen LogP contribution in [0.1, 0.15) is 0 Å². The Balaban J connectivity index is 1.16. The van der Waals surface area contributed by atoms with Gasteiger partial charge in [-0.05, 0) is 47.6 Å². The molecule has 7 rings (SSSR count). The summed E-state index contributed by atoms with van der Waals surface area (Å²) in [6, 6.07) is 6.27. The van der Waals surface area contributed by atoms with Gasteiger partial charge in [-0.15, -0.1) is 0 Å². The zero-order chi connectivity index (χ0) is 15.7. The van der Waals surface area contributed by atoms with E-state index in [1.54, 1.807) is 12.1 Å². The molecular formula is C17H15NO5. The SMILES string of the molecule is COC(=O)C12C3C4C1C1C2C3C41COc1ccc([N+](=O)[O-])cc1. The summed E-state index contributed by atoms with van der Waals surface area (Å²) in [5, 5.41) is 10.7. The van der Waals surface area contributed by atoms with Gasteiger partial charge in [0.2, 0.25) is 0 Å². The fourth-order valence-corrected chi connectivity index (χ4v) is 7.50. The molecule has 23 heavy (non-hydrogen) atoms. The Kier molecular flexibility index (Phi) is 1.73. The molecule has 6 aliphatic rings. The molecule has 0 heterocycles. The van der Waals surface area contributed by atoms with E-state index >= 15 is 0 Å². The molecule has 0 saturated heterocycles. The Morgan fingerprint density at radius 2 is 1.70 bits per heavy atom. The van der Waals surface area contributed by atoms with E-state index in [0.717, 1.165) is 0 Å². The van der Waals surface area contributed by atoms with E-state index in [0.29, 0.717) is 53.3 Å². The molecule has 6 aliphatic carbocycles. The van der Waals surface area contributed by atoms with Crippen LogP contribution in [0.25, 0.3) is 0 Å². The molecule has 0 unspecified atom stereocenters. The first-order chi connectivity index (χ1) is 11.1. The van der Waals surface area contributed by atoms with E-state index in [1.165, 1.54) is 19.2 Å². The number of rotatable bonds is 5. The summed E-state index contributed by atoms with van der Waals surface area (Å²) in [4.78, 5) is 22.3. The van der Waals surface area contributed by atoms with E-state index in [1.807, 2.05) is 0 Å². The molecule has 1 aromatic carbocycles. The summed E-state index contributed by atoms with van der Waals surface area (Å²) in [5.41, 5.74) is 0.287. The summed E-state index contributed by atoms with van der Waals surface area (Å²) in [7, 11) is 1.50. The Morgan fingerprint density at radius 3 is 2.17 bits per heavy atom. The highest BCUT2D eigenvalue weighted by atomic mass is 16.6. The lowest BCUT2D eigenvalue weighted by atomic mass is 8.92. The minimum absolute atomic E-state index is 0.0193. The summed E-state index contributed by atoms with van der Waals surface area (Å²) in [6.45, 7) is 0.686. The molecule has 6 saturated carbocycles. The lowest BCUT2D eigenvalue weighted by Crippen LogP contribution is -3.11. The largest absolute Gasteiger partial charge is 0.493 e. The fourth-order valence-electron chi connectivity index (χ4n) is 7.50. The number of ether oxygens (including phenoxy) is 2. The number of benzene rings is 1. The third-order valence-corrected chi connectivity index (χ3v) is 7.91. The van der Waals surface area contributed by atoms with Gasteiger partial charge in [0.05, 0.1) is 24.1 Å². The predicted octanol–water partition coefficient (Wildman–Crippen LogP) is 1.88. The standard InChI is InChI=1S/C17H15NO5/c1-22-15(19)17-12-9-13(17)11-14(17)10(12)16(9,11)6-23-8-4-2-7(3-5-8)18(20)21/h2-5,9-14H,6H2,1H3. The maximum absolute atomic E-state index is 12.1. The average Bonchev–Trinajstić information content (AvgIpc) is 2.59. The van der Waals surface area contributed by atoms with E-state index in [4.69, 9.17) is 9.47 Å². The van der Waals surface area contributed by atoms with Crippen LogP contribution in [-0.4, -0.2) is 24.6 Å². The van der Waals surface area contributed by atoms with Gasteiger partial charge < -0.3 is 9.47 Å². The van der Waals surface area contributed by atoms with E-state index in [-0.39, 0.29) is 17.1 Å². The molecule has 0 amide bonds. The van der Waals surface area contributed by atoms with E-state index in [9.17, 15) is 14.9 Å². The van der Waals surface area contributed by atoms with Crippen molar-refractivity contribution in [1.82, 2.24) is 0 Å². The number of methoxy groups -OCH3 is 1.